The molecule has 2 N–H and O–H groups in total. The van der Waals surface area contributed by atoms with E-state index in [0.717, 1.165) is 12.8 Å². The summed E-state index contributed by atoms with van der Waals surface area (Å²) in [4.78, 5) is 14.7. The van der Waals surface area contributed by atoms with Crippen molar-refractivity contribution in [3.8, 4) is 5.75 Å². The van der Waals surface area contributed by atoms with Crippen molar-refractivity contribution in [3.63, 3.8) is 0 Å². The highest BCUT2D eigenvalue weighted by Crippen LogP contribution is 2.23. The first-order valence-corrected chi connectivity index (χ1v) is 10.3. The van der Waals surface area contributed by atoms with Gasteiger partial charge in [0.15, 0.2) is 9.84 Å². The second kappa shape index (κ2) is 9.58. The Kier molecular flexibility index (Phi) is 8.37. The average molecular weight is 405 g/mol. The summed E-state index contributed by atoms with van der Waals surface area (Å²) in [6.45, 7) is 4.92. The van der Waals surface area contributed by atoms with Crippen molar-refractivity contribution in [3.05, 3.63) is 24.3 Å². The van der Waals surface area contributed by atoms with Gasteiger partial charge in [-0.05, 0) is 49.9 Å². The molecule has 1 aliphatic rings. The monoisotopic (exact) mass is 404 g/mol. The molecule has 1 amide bonds. The van der Waals surface area contributed by atoms with Crippen molar-refractivity contribution in [2.75, 3.05) is 26.0 Å². The molecule has 1 saturated heterocycles. The van der Waals surface area contributed by atoms with Crippen LogP contribution in [0.3, 0.4) is 0 Å². The van der Waals surface area contributed by atoms with Crippen molar-refractivity contribution in [1.29, 1.82) is 0 Å². The zero-order valence-electron chi connectivity index (χ0n) is 15.6. The van der Waals surface area contributed by atoms with Crippen LogP contribution in [-0.2, 0) is 14.6 Å². The molecular weight excluding hydrogens is 376 g/mol. The molecule has 26 heavy (non-hydrogen) atoms. The normalized spacial score (nSPS) is 20.0. The van der Waals surface area contributed by atoms with Crippen LogP contribution >= 0.6 is 12.4 Å². The molecule has 1 aliphatic heterocycles. The summed E-state index contributed by atoms with van der Waals surface area (Å²) in [5, 5.41) is 0. The van der Waals surface area contributed by atoms with E-state index in [1.54, 1.807) is 24.0 Å². The Morgan fingerprint density at radius 2 is 1.92 bits per heavy atom. The highest BCUT2D eigenvalue weighted by atomic mass is 35.5. The molecule has 8 heteroatoms. The van der Waals surface area contributed by atoms with Crippen molar-refractivity contribution in [2.45, 2.75) is 37.6 Å². The number of methoxy groups -OCH3 is 1. The number of likely N-dealkylation sites (tertiary alicyclic amines) is 1. The first kappa shape index (κ1) is 22.7. The van der Waals surface area contributed by atoms with E-state index in [2.05, 4.69) is 0 Å². The molecule has 0 bridgehead atoms. The fraction of sp³-hybridized carbons (Fsp3) is 0.611. The van der Waals surface area contributed by atoms with Gasteiger partial charge in [-0.3, -0.25) is 4.79 Å². The second-order valence-corrected chi connectivity index (χ2v) is 8.94. The summed E-state index contributed by atoms with van der Waals surface area (Å²) in [7, 11) is -2.00. The number of amides is 1. The fourth-order valence-corrected chi connectivity index (χ4v) is 4.77. The predicted octanol–water partition coefficient (Wildman–Crippen LogP) is 2.11. The van der Waals surface area contributed by atoms with Gasteiger partial charge in [-0.25, -0.2) is 8.42 Å². The molecule has 1 heterocycles. The molecule has 0 aliphatic carbocycles. The third-order valence-electron chi connectivity index (χ3n) is 4.82. The summed E-state index contributed by atoms with van der Waals surface area (Å²) in [6.07, 6.45) is 1.93. The Bertz CT molecular complexity index is 692. The highest BCUT2D eigenvalue weighted by molar-refractivity contribution is 7.91. The number of piperidine rings is 1. The minimum Gasteiger partial charge on any atom is -0.497 e. The fourth-order valence-electron chi connectivity index (χ4n) is 3.23. The van der Waals surface area contributed by atoms with Crippen LogP contribution < -0.4 is 10.5 Å². The highest BCUT2D eigenvalue weighted by Gasteiger charge is 2.31. The first-order chi connectivity index (χ1) is 11.7. The van der Waals surface area contributed by atoms with Crippen molar-refractivity contribution in [2.24, 2.45) is 17.6 Å². The molecule has 0 spiro atoms. The van der Waals surface area contributed by atoms with E-state index < -0.39 is 15.8 Å². The summed E-state index contributed by atoms with van der Waals surface area (Å²) < 4.78 is 30.2. The predicted molar refractivity (Wildman–Crippen MR) is 104 cm³/mol. The summed E-state index contributed by atoms with van der Waals surface area (Å²) >= 11 is 0. The van der Waals surface area contributed by atoms with Gasteiger partial charge in [0, 0.05) is 25.0 Å². The van der Waals surface area contributed by atoms with Gasteiger partial charge < -0.3 is 15.4 Å². The van der Waals surface area contributed by atoms with Crippen LogP contribution in [0.5, 0.6) is 5.75 Å². The molecule has 6 nitrogen and oxygen atoms in total. The number of nitrogens with two attached hydrogens (primary N) is 1. The molecule has 0 aromatic heterocycles. The van der Waals surface area contributed by atoms with Crippen LogP contribution in [0.15, 0.2) is 29.2 Å². The van der Waals surface area contributed by atoms with Gasteiger partial charge in [0.05, 0.1) is 17.8 Å². The van der Waals surface area contributed by atoms with Gasteiger partial charge in [-0.15, -0.1) is 12.4 Å². The number of nitrogens with zero attached hydrogens (tertiary/aromatic N) is 1. The van der Waals surface area contributed by atoms with E-state index in [9.17, 15) is 13.2 Å². The maximum atomic E-state index is 12.7. The van der Waals surface area contributed by atoms with Gasteiger partial charge in [0.2, 0.25) is 5.91 Å². The minimum atomic E-state index is -3.53. The molecule has 0 radical (unpaired) electrons. The molecule has 0 saturated carbocycles. The summed E-state index contributed by atoms with van der Waals surface area (Å²) in [6, 6.07) is 6.28. The zero-order valence-corrected chi connectivity index (χ0v) is 17.2. The van der Waals surface area contributed by atoms with E-state index in [1.807, 2.05) is 6.92 Å². The van der Waals surface area contributed by atoms with Gasteiger partial charge >= 0.3 is 0 Å². The smallest absolute Gasteiger partial charge is 0.226 e. The number of carbonyl (C=O) groups is 1. The number of rotatable bonds is 6. The van der Waals surface area contributed by atoms with Crippen LogP contribution in [0, 0.1) is 11.8 Å². The lowest BCUT2D eigenvalue weighted by Gasteiger charge is -2.36. The van der Waals surface area contributed by atoms with Crippen molar-refractivity contribution < 1.29 is 17.9 Å². The van der Waals surface area contributed by atoms with Crippen LogP contribution in [0.4, 0.5) is 0 Å². The molecule has 148 valence electrons. The topological polar surface area (TPSA) is 89.7 Å². The molecular formula is C18H29ClN2O4S. The molecule has 1 aromatic carbocycles. The number of carbonyl (C=O) groups excluding carboxylic acids is 1. The quantitative estimate of drug-likeness (QED) is 0.784. The van der Waals surface area contributed by atoms with Gasteiger partial charge in [-0.1, -0.05) is 6.92 Å². The van der Waals surface area contributed by atoms with Gasteiger partial charge in [0.25, 0.3) is 0 Å². The van der Waals surface area contributed by atoms with Gasteiger partial charge in [0.1, 0.15) is 5.75 Å². The number of ether oxygens (including phenoxy) is 1. The van der Waals surface area contributed by atoms with E-state index in [-0.39, 0.29) is 40.9 Å². The number of sulfone groups is 1. The summed E-state index contributed by atoms with van der Waals surface area (Å²) in [5.74, 6) is -0.0138. The number of hydrogen-bond donors (Lipinski definition) is 1. The second-order valence-electron chi connectivity index (χ2n) is 6.90. The molecule has 3 unspecified atom stereocenters. The van der Waals surface area contributed by atoms with Crippen LogP contribution in [0.2, 0.25) is 0 Å². The Labute approximate surface area is 162 Å². The lowest BCUT2D eigenvalue weighted by atomic mass is 9.91. The molecule has 2 rings (SSSR count). The SMILES string of the molecule is COc1ccc(S(=O)(=O)CC(C)C(=O)N2CCCC(C(C)N)C2)cc1.Cl. The van der Waals surface area contributed by atoms with E-state index in [0.29, 0.717) is 18.8 Å². The Balaban J connectivity index is 0.00000338. The Hall–Kier alpha value is -1.31. The number of benzene rings is 1. The number of hydrogen-bond acceptors (Lipinski definition) is 5. The Morgan fingerprint density at radius 3 is 2.46 bits per heavy atom. The number of halogens is 1. The molecule has 3 atom stereocenters. The van der Waals surface area contributed by atoms with Crippen LogP contribution in [0.1, 0.15) is 26.7 Å². The maximum absolute atomic E-state index is 12.7. The Morgan fingerprint density at radius 1 is 1.31 bits per heavy atom. The largest absolute Gasteiger partial charge is 0.497 e. The third kappa shape index (κ3) is 5.59. The molecule has 1 fully saturated rings. The van der Waals surface area contributed by atoms with Crippen molar-refractivity contribution in [1.82, 2.24) is 4.90 Å². The summed E-state index contributed by atoms with van der Waals surface area (Å²) in [5.41, 5.74) is 5.96. The van der Waals surface area contributed by atoms with Gasteiger partial charge in [-0.2, -0.15) is 0 Å². The van der Waals surface area contributed by atoms with E-state index >= 15 is 0 Å². The third-order valence-corrected chi connectivity index (χ3v) is 6.75. The average Bonchev–Trinajstić information content (AvgIpc) is 2.60. The van der Waals surface area contributed by atoms with E-state index in [4.69, 9.17) is 10.5 Å². The first-order valence-electron chi connectivity index (χ1n) is 8.65. The van der Waals surface area contributed by atoms with Crippen LogP contribution in [0.25, 0.3) is 0 Å². The zero-order chi connectivity index (χ0) is 18.6. The maximum Gasteiger partial charge on any atom is 0.226 e. The minimum absolute atomic E-state index is 0. The van der Waals surface area contributed by atoms with Crippen molar-refractivity contribution >= 4 is 28.2 Å². The van der Waals surface area contributed by atoms with Crippen LogP contribution in [-0.4, -0.2) is 51.2 Å². The molecule has 1 aromatic rings. The lowest BCUT2D eigenvalue weighted by molar-refractivity contribution is -0.136. The standard InChI is InChI=1S/C18H28N2O4S.ClH/c1-13(18(21)20-10-4-5-15(11-20)14(2)19)12-25(22,23)17-8-6-16(24-3)7-9-17;/h6-9,13-15H,4-5,10-12,19H2,1-3H3;1H. The lowest BCUT2D eigenvalue weighted by Crippen LogP contribution is -2.47. The van der Waals surface area contributed by atoms with E-state index in [1.165, 1.54) is 19.2 Å².